The number of aliphatic hydroxyl groups is 1. The summed E-state index contributed by atoms with van der Waals surface area (Å²) < 4.78 is 5.49. The van der Waals surface area contributed by atoms with Crippen LogP contribution in [-0.2, 0) is 18.7 Å². The number of allylic oxidation sites excluding steroid dienone is 1. The van der Waals surface area contributed by atoms with Gasteiger partial charge in [-0.1, -0.05) is 18.6 Å². The predicted octanol–water partition coefficient (Wildman–Crippen LogP) is 4.57. The van der Waals surface area contributed by atoms with Crippen LogP contribution < -0.4 is 10.9 Å². The summed E-state index contributed by atoms with van der Waals surface area (Å²) in [5.74, 6) is 0.833. The third-order valence-corrected chi connectivity index (χ3v) is 7.69. The molecule has 4 aromatic heterocycles. The largest absolute Gasteiger partial charge is 0.384 e. The molecule has 212 valence electrons. The average Bonchev–Trinajstić information content (AvgIpc) is 3.50. The highest BCUT2D eigenvalue weighted by Gasteiger charge is 2.22. The van der Waals surface area contributed by atoms with Crippen LogP contribution in [0.25, 0.3) is 27.8 Å². The first-order valence-electron chi connectivity index (χ1n) is 14.2. The number of nitrogens with zero attached hydrogens (tertiary/aromatic N) is 7. The number of piperidine rings is 1. The Morgan fingerprint density at radius 2 is 1.90 bits per heavy atom. The van der Waals surface area contributed by atoms with Gasteiger partial charge in [-0.05, 0) is 76.2 Å². The van der Waals surface area contributed by atoms with Crippen molar-refractivity contribution < 1.29 is 5.11 Å². The number of pyridine rings is 1. The van der Waals surface area contributed by atoms with Crippen LogP contribution in [0.2, 0.25) is 0 Å². The number of hydrogen-bond acceptors (Lipinski definition) is 7. The van der Waals surface area contributed by atoms with Crippen LogP contribution in [0.1, 0.15) is 38.8 Å². The molecule has 1 aliphatic heterocycles. The molecular formula is C31H36N8O2. The van der Waals surface area contributed by atoms with Crippen LogP contribution in [0.15, 0.2) is 72.3 Å². The summed E-state index contributed by atoms with van der Waals surface area (Å²) in [6.07, 6.45) is 9.29. The van der Waals surface area contributed by atoms with Crippen molar-refractivity contribution in [3.05, 3.63) is 83.6 Å². The van der Waals surface area contributed by atoms with Crippen molar-refractivity contribution in [2.24, 2.45) is 0 Å². The molecule has 2 N–H and O–H groups in total. The van der Waals surface area contributed by atoms with E-state index in [4.69, 9.17) is 4.98 Å². The zero-order valence-corrected chi connectivity index (χ0v) is 23.6. The first-order valence-corrected chi connectivity index (χ1v) is 14.2. The van der Waals surface area contributed by atoms with Gasteiger partial charge in [-0.3, -0.25) is 4.79 Å². The van der Waals surface area contributed by atoms with Crippen molar-refractivity contribution in [2.75, 3.05) is 25.0 Å². The molecule has 6 rings (SSSR count). The van der Waals surface area contributed by atoms with E-state index in [-0.39, 0.29) is 12.1 Å². The molecule has 0 bridgehead atoms. The summed E-state index contributed by atoms with van der Waals surface area (Å²) in [4.78, 5) is 29.7. The molecule has 0 aliphatic carbocycles. The van der Waals surface area contributed by atoms with Gasteiger partial charge in [0.05, 0.1) is 12.2 Å². The van der Waals surface area contributed by atoms with Crippen molar-refractivity contribution in [2.45, 2.75) is 51.8 Å². The molecule has 1 saturated heterocycles. The molecule has 5 heterocycles. The van der Waals surface area contributed by atoms with Crippen LogP contribution in [0.3, 0.4) is 0 Å². The Bertz CT molecular complexity index is 1770. The fourth-order valence-corrected chi connectivity index (χ4v) is 5.52. The first-order chi connectivity index (χ1) is 19.8. The number of anilines is 2. The van der Waals surface area contributed by atoms with Crippen molar-refractivity contribution in [1.29, 1.82) is 0 Å². The SMILES string of the molecule is C=CCn1c(=O)c2cnc(Nc3ccc4c(ccn4CCN4CCCCC4)c3)nc2n1-c1cccc(C(C)(C)O)n1. The summed E-state index contributed by atoms with van der Waals surface area (Å²) in [5, 5.41) is 15.3. The average molecular weight is 553 g/mol. The van der Waals surface area contributed by atoms with Gasteiger partial charge in [0.15, 0.2) is 11.5 Å². The van der Waals surface area contributed by atoms with Crippen molar-refractivity contribution >= 4 is 33.6 Å². The lowest BCUT2D eigenvalue weighted by Crippen LogP contribution is -2.32. The maximum Gasteiger partial charge on any atom is 0.278 e. The van der Waals surface area contributed by atoms with Gasteiger partial charge < -0.3 is 19.9 Å². The number of benzene rings is 1. The van der Waals surface area contributed by atoms with Crippen LogP contribution in [-0.4, -0.2) is 58.5 Å². The van der Waals surface area contributed by atoms with Crippen LogP contribution in [0.5, 0.6) is 0 Å². The number of rotatable bonds is 9. The molecule has 0 spiro atoms. The minimum Gasteiger partial charge on any atom is -0.384 e. The van der Waals surface area contributed by atoms with Gasteiger partial charge in [0.25, 0.3) is 5.56 Å². The second kappa shape index (κ2) is 10.9. The summed E-state index contributed by atoms with van der Waals surface area (Å²) in [7, 11) is 0. The molecule has 0 unspecified atom stereocenters. The van der Waals surface area contributed by atoms with Crippen LogP contribution in [0.4, 0.5) is 11.6 Å². The smallest absolute Gasteiger partial charge is 0.278 e. The molecule has 1 fully saturated rings. The van der Waals surface area contributed by atoms with E-state index < -0.39 is 5.60 Å². The van der Waals surface area contributed by atoms with Gasteiger partial charge >= 0.3 is 0 Å². The Hall–Kier alpha value is -4.28. The second-order valence-electron chi connectivity index (χ2n) is 11.2. The van der Waals surface area contributed by atoms with E-state index in [1.807, 2.05) is 6.07 Å². The molecule has 41 heavy (non-hydrogen) atoms. The molecular weight excluding hydrogens is 516 g/mol. The van der Waals surface area contributed by atoms with E-state index in [9.17, 15) is 9.90 Å². The van der Waals surface area contributed by atoms with Gasteiger partial charge in [-0.15, -0.1) is 6.58 Å². The highest BCUT2D eigenvalue weighted by molar-refractivity contribution is 5.85. The van der Waals surface area contributed by atoms with Crippen molar-refractivity contribution in [3.63, 3.8) is 0 Å². The molecule has 1 aromatic carbocycles. The monoisotopic (exact) mass is 552 g/mol. The summed E-state index contributed by atoms with van der Waals surface area (Å²) >= 11 is 0. The molecule has 0 radical (unpaired) electrons. The van der Waals surface area contributed by atoms with Crippen LogP contribution in [0, 0.1) is 0 Å². The number of fused-ring (bicyclic) bond motifs is 2. The van der Waals surface area contributed by atoms with E-state index in [1.54, 1.807) is 49.0 Å². The highest BCUT2D eigenvalue weighted by atomic mass is 16.3. The molecule has 10 heteroatoms. The lowest BCUT2D eigenvalue weighted by molar-refractivity contribution is 0.0738. The zero-order valence-electron chi connectivity index (χ0n) is 23.6. The van der Waals surface area contributed by atoms with E-state index in [2.05, 4.69) is 55.7 Å². The minimum atomic E-state index is -1.14. The fourth-order valence-electron chi connectivity index (χ4n) is 5.52. The molecule has 10 nitrogen and oxygen atoms in total. The number of nitrogens with one attached hydrogen (secondary N) is 1. The van der Waals surface area contributed by atoms with E-state index >= 15 is 0 Å². The second-order valence-corrected chi connectivity index (χ2v) is 11.2. The van der Waals surface area contributed by atoms with Crippen molar-refractivity contribution in [3.8, 4) is 5.82 Å². The van der Waals surface area contributed by atoms with Gasteiger partial charge in [0.1, 0.15) is 11.0 Å². The maximum atomic E-state index is 13.3. The Labute approximate surface area is 238 Å². The lowest BCUT2D eigenvalue weighted by Gasteiger charge is -2.26. The third-order valence-electron chi connectivity index (χ3n) is 7.69. The standard InChI is InChI=1S/C31H36N8O2/c1-4-14-38-29(40)24-21-32-30(35-28(24)39(38)27-10-8-9-26(34-27)31(2,3)41)33-23-11-12-25-22(20-23)13-17-37(25)19-18-36-15-6-5-7-16-36/h4,8-13,17,20-21,41H,1,5-7,14-16,18-19H2,2-3H3,(H,32,33,35). The third kappa shape index (κ3) is 5.40. The van der Waals surface area contributed by atoms with Gasteiger partial charge in [0.2, 0.25) is 5.95 Å². The first kappa shape index (κ1) is 26.9. The Balaban J connectivity index is 1.31. The van der Waals surface area contributed by atoms with Gasteiger partial charge in [0, 0.05) is 42.1 Å². The molecule has 0 atom stereocenters. The van der Waals surface area contributed by atoms with Crippen molar-refractivity contribution in [1.82, 2.24) is 33.8 Å². The lowest BCUT2D eigenvalue weighted by atomic mass is 10.1. The predicted molar refractivity (Wildman–Crippen MR) is 162 cm³/mol. The quantitative estimate of drug-likeness (QED) is 0.258. The molecule has 5 aromatic rings. The van der Waals surface area contributed by atoms with Gasteiger partial charge in [-0.2, -0.15) is 4.98 Å². The Morgan fingerprint density at radius 1 is 1.07 bits per heavy atom. The number of aromatic nitrogens is 6. The molecule has 0 saturated carbocycles. The summed E-state index contributed by atoms with van der Waals surface area (Å²) in [5.41, 5.74) is 1.56. The fraction of sp³-hybridized carbons (Fsp3) is 0.355. The topological polar surface area (TPSA) is 106 Å². The van der Waals surface area contributed by atoms with E-state index in [0.717, 1.165) is 24.2 Å². The normalized spacial score (nSPS) is 14.6. The Kier molecular flexibility index (Phi) is 7.19. The van der Waals surface area contributed by atoms with E-state index in [1.165, 1.54) is 42.6 Å². The molecule has 0 amide bonds. The number of hydrogen-bond donors (Lipinski definition) is 2. The summed E-state index contributed by atoms with van der Waals surface area (Å²) in [6.45, 7) is 11.9. The molecule has 1 aliphatic rings. The minimum absolute atomic E-state index is 0.241. The van der Waals surface area contributed by atoms with Gasteiger partial charge in [-0.25, -0.2) is 19.3 Å². The number of likely N-dealkylation sites (tertiary alicyclic amines) is 1. The Morgan fingerprint density at radius 3 is 2.68 bits per heavy atom. The maximum absolute atomic E-state index is 13.3. The zero-order chi connectivity index (χ0) is 28.6. The van der Waals surface area contributed by atoms with Crippen LogP contribution >= 0.6 is 0 Å². The van der Waals surface area contributed by atoms with E-state index in [0.29, 0.717) is 28.5 Å². The highest BCUT2D eigenvalue weighted by Crippen LogP contribution is 2.25. The summed E-state index contributed by atoms with van der Waals surface area (Å²) in [6, 6.07) is 13.7.